The van der Waals surface area contributed by atoms with E-state index < -0.39 is 0 Å². The van der Waals surface area contributed by atoms with E-state index in [1.54, 1.807) is 11.8 Å². The standard InChI is InChI=1S/C14H16BrNOS/c15-11(9-5-6-9)8-16-14(17)13-7-10-3-1-2-4-12(10)18-13/h1-4,9,11,13H,5-8H2,(H,16,17). The zero-order valence-corrected chi connectivity index (χ0v) is 12.5. The van der Waals surface area contributed by atoms with Crippen molar-refractivity contribution in [3.8, 4) is 0 Å². The number of halogens is 1. The number of carbonyl (C=O) groups excluding carboxylic acids is 1. The molecule has 18 heavy (non-hydrogen) atoms. The van der Waals surface area contributed by atoms with E-state index in [0.29, 0.717) is 4.83 Å². The normalized spacial score (nSPS) is 23.5. The van der Waals surface area contributed by atoms with E-state index >= 15 is 0 Å². The lowest BCUT2D eigenvalue weighted by Crippen LogP contribution is -2.36. The van der Waals surface area contributed by atoms with Crippen molar-refractivity contribution >= 4 is 33.6 Å². The van der Waals surface area contributed by atoms with Crippen molar-refractivity contribution in [3.05, 3.63) is 29.8 Å². The fraction of sp³-hybridized carbons (Fsp3) is 0.500. The van der Waals surface area contributed by atoms with Gasteiger partial charge < -0.3 is 5.32 Å². The van der Waals surface area contributed by atoms with Gasteiger partial charge in [-0.3, -0.25) is 4.79 Å². The number of benzene rings is 1. The van der Waals surface area contributed by atoms with Crippen LogP contribution in [0, 0.1) is 5.92 Å². The molecule has 0 bridgehead atoms. The van der Waals surface area contributed by atoms with Crippen LogP contribution in [0.15, 0.2) is 29.2 Å². The van der Waals surface area contributed by atoms with Crippen molar-refractivity contribution < 1.29 is 4.79 Å². The van der Waals surface area contributed by atoms with Crippen LogP contribution in [0.3, 0.4) is 0 Å². The average Bonchev–Trinajstić information content (AvgIpc) is 3.14. The van der Waals surface area contributed by atoms with Gasteiger partial charge in [0.2, 0.25) is 5.91 Å². The average molecular weight is 326 g/mol. The van der Waals surface area contributed by atoms with Gasteiger partial charge in [0, 0.05) is 16.3 Å². The number of hydrogen-bond acceptors (Lipinski definition) is 2. The maximum atomic E-state index is 12.1. The molecule has 2 unspecified atom stereocenters. The highest BCUT2D eigenvalue weighted by Crippen LogP contribution is 2.38. The molecule has 1 fully saturated rings. The molecule has 1 aromatic carbocycles. The molecule has 1 aliphatic carbocycles. The second-order valence-corrected chi connectivity index (χ2v) is 7.44. The summed E-state index contributed by atoms with van der Waals surface area (Å²) in [6.45, 7) is 0.761. The summed E-state index contributed by atoms with van der Waals surface area (Å²) in [6.07, 6.45) is 3.47. The molecule has 1 N–H and O–H groups in total. The fourth-order valence-electron chi connectivity index (χ4n) is 2.26. The molecule has 4 heteroatoms. The zero-order chi connectivity index (χ0) is 12.5. The first-order chi connectivity index (χ1) is 8.74. The molecule has 0 radical (unpaired) electrons. The lowest BCUT2D eigenvalue weighted by molar-refractivity contribution is -0.120. The number of nitrogens with one attached hydrogen (secondary N) is 1. The molecule has 1 saturated carbocycles. The van der Waals surface area contributed by atoms with Crippen LogP contribution in [-0.2, 0) is 11.2 Å². The molecule has 1 aromatic rings. The summed E-state index contributed by atoms with van der Waals surface area (Å²) in [6, 6.07) is 8.30. The Morgan fingerprint density at radius 2 is 2.22 bits per heavy atom. The summed E-state index contributed by atoms with van der Waals surface area (Å²) in [7, 11) is 0. The second kappa shape index (κ2) is 5.25. The van der Waals surface area contributed by atoms with Crippen molar-refractivity contribution in [1.82, 2.24) is 5.32 Å². The Bertz CT molecular complexity index is 436. The van der Waals surface area contributed by atoms with Gasteiger partial charge in [-0.15, -0.1) is 11.8 Å². The molecule has 1 aliphatic heterocycles. The SMILES string of the molecule is O=C(NCC(Br)C1CC1)C1Cc2ccccc2S1. The molecule has 0 aromatic heterocycles. The van der Waals surface area contributed by atoms with Gasteiger partial charge in [0.1, 0.15) is 0 Å². The minimum absolute atomic E-state index is 0.0568. The van der Waals surface area contributed by atoms with Gasteiger partial charge in [-0.2, -0.15) is 0 Å². The van der Waals surface area contributed by atoms with Gasteiger partial charge in [0.15, 0.2) is 0 Å². The van der Waals surface area contributed by atoms with Crippen LogP contribution in [0.5, 0.6) is 0 Å². The molecule has 1 amide bonds. The van der Waals surface area contributed by atoms with Crippen molar-refractivity contribution in [2.75, 3.05) is 6.54 Å². The lowest BCUT2D eigenvalue weighted by Gasteiger charge is -2.13. The first kappa shape index (κ1) is 12.5. The third-order valence-corrected chi connectivity index (χ3v) is 5.93. The number of alkyl halides is 1. The Kier molecular flexibility index (Phi) is 3.66. The largest absolute Gasteiger partial charge is 0.354 e. The lowest BCUT2D eigenvalue weighted by atomic mass is 10.1. The van der Waals surface area contributed by atoms with E-state index in [9.17, 15) is 4.79 Å². The first-order valence-corrected chi connectivity index (χ1v) is 8.20. The van der Waals surface area contributed by atoms with Crippen LogP contribution in [0.4, 0.5) is 0 Å². The third-order valence-electron chi connectivity index (χ3n) is 3.54. The van der Waals surface area contributed by atoms with Gasteiger partial charge in [-0.25, -0.2) is 0 Å². The van der Waals surface area contributed by atoms with Crippen molar-refractivity contribution in [3.63, 3.8) is 0 Å². The molecular formula is C14H16BrNOS. The van der Waals surface area contributed by atoms with Crippen LogP contribution >= 0.6 is 27.7 Å². The summed E-state index contributed by atoms with van der Waals surface area (Å²) in [5, 5.41) is 3.13. The van der Waals surface area contributed by atoms with E-state index in [1.165, 1.54) is 23.3 Å². The maximum Gasteiger partial charge on any atom is 0.233 e. The Balaban J connectivity index is 1.52. The molecule has 2 nitrogen and oxygen atoms in total. The topological polar surface area (TPSA) is 29.1 Å². The number of fused-ring (bicyclic) bond motifs is 1. The van der Waals surface area contributed by atoms with Gasteiger partial charge in [0.25, 0.3) is 0 Å². The third kappa shape index (κ3) is 2.75. The number of hydrogen-bond donors (Lipinski definition) is 1. The molecule has 2 aliphatic rings. The van der Waals surface area contributed by atoms with Gasteiger partial charge in [0.05, 0.1) is 5.25 Å². The van der Waals surface area contributed by atoms with Crippen LogP contribution in [0.2, 0.25) is 0 Å². The minimum Gasteiger partial charge on any atom is -0.354 e. The highest BCUT2D eigenvalue weighted by atomic mass is 79.9. The van der Waals surface area contributed by atoms with Crippen molar-refractivity contribution in [2.45, 2.75) is 34.2 Å². The minimum atomic E-state index is 0.0568. The number of amides is 1. The predicted molar refractivity (Wildman–Crippen MR) is 78.2 cm³/mol. The van der Waals surface area contributed by atoms with E-state index in [2.05, 4.69) is 33.4 Å². The molecule has 0 spiro atoms. The Hall–Kier alpha value is -0.480. The highest BCUT2D eigenvalue weighted by molar-refractivity contribution is 9.09. The predicted octanol–water partition coefficient (Wildman–Crippen LogP) is 2.99. The smallest absolute Gasteiger partial charge is 0.233 e. The fourth-order valence-corrected chi connectivity index (χ4v) is 4.18. The Labute approximate surface area is 120 Å². The van der Waals surface area contributed by atoms with Crippen LogP contribution < -0.4 is 5.32 Å². The Morgan fingerprint density at radius 3 is 2.94 bits per heavy atom. The van der Waals surface area contributed by atoms with Crippen molar-refractivity contribution in [2.24, 2.45) is 5.92 Å². The van der Waals surface area contributed by atoms with E-state index in [-0.39, 0.29) is 11.2 Å². The Morgan fingerprint density at radius 1 is 1.44 bits per heavy atom. The molecule has 0 saturated heterocycles. The molecule has 2 atom stereocenters. The summed E-state index contributed by atoms with van der Waals surface area (Å²) < 4.78 is 0. The number of carbonyl (C=O) groups is 1. The summed E-state index contributed by atoms with van der Waals surface area (Å²) >= 11 is 5.34. The maximum absolute atomic E-state index is 12.1. The first-order valence-electron chi connectivity index (χ1n) is 6.40. The van der Waals surface area contributed by atoms with Crippen LogP contribution in [0.1, 0.15) is 18.4 Å². The summed E-state index contributed by atoms with van der Waals surface area (Å²) in [5.74, 6) is 0.958. The summed E-state index contributed by atoms with van der Waals surface area (Å²) in [4.78, 5) is 13.8. The van der Waals surface area contributed by atoms with E-state index in [0.717, 1.165) is 18.9 Å². The van der Waals surface area contributed by atoms with Gasteiger partial charge in [-0.05, 0) is 36.8 Å². The second-order valence-electron chi connectivity index (χ2n) is 5.02. The van der Waals surface area contributed by atoms with E-state index in [4.69, 9.17) is 0 Å². The summed E-state index contributed by atoms with van der Waals surface area (Å²) in [5.41, 5.74) is 1.31. The van der Waals surface area contributed by atoms with Crippen LogP contribution in [0.25, 0.3) is 0 Å². The molecule has 3 rings (SSSR count). The van der Waals surface area contributed by atoms with E-state index in [1.807, 2.05) is 12.1 Å². The zero-order valence-electron chi connectivity index (χ0n) is 10.1. The van der Waals surface area contributed by atoms with Gasteiger partial charge in [-0.1, -0.05) is 34.1 Å². The van der Waals surface area contributed by atoms with Crippen molar-refractivity contribution in [1.29, 1.82) is 0 Å². The number of thioether (sulfide) groups is 1. The molecule has 96 valence electrons. The highest BCUT2D eigenvalue weighted by Gasteiger charge is 2.31. The molecular weight excluding hydrogens is 310 g/mol. The monoisotopic (exact) mass is 325 g/mol. The molecule has 1 heterocycles. The van der Waals surface area contributed by atoms with Crippen LogP contribution in [-0.4, -0.2) is 22.5 Å². The number of rotatable bonds is 4. The van der Waals surface area contributed by atoms with Gasteiger partial charge >= 0.3 is 0 Å². The quantitative estimate of drug-likeness (QED) is 0.862.